The number of nitrogens with zero attached hydrogens (tertiary/aromatic N) is 1. The van der Waals surface area contributed by atoms with Gasteiger partial charge in [0.25, 0.3) is 0 Å². The summed E-state index contributed by atoms with van der Waals surface area (Å²) in [6.07, 6.45) is 2.11. The van der Waals surface area contributed by atoms with Crippen LogP contribution >= 0.6 is 0 Å². The van der Waals surface area contributed by atoms with E-state index in [2.05, 4.69) is 11.8 Å². The van der Waals surface area contributed by atoms with Crippen LogP contribution in [-0.2, 0) is 0 Å². The van der Waals surface area contributed by atoms with E-state index in [-0.39, 0.29) is 0 Å². The van der Waals surface area contributed by atoms with Gasteiger partial charge in [0, 0.05) is 19.2 Å². The van der Waals surface area contributed by atoms with Gasteiger partial charge in [0.2, 0.25) is 0 Å². The van der Waals surface area contributed by atoms with Gasteiger partial charge in [-0.25, -0.2) is 0 Å². The third kappa shape index (κ3) is 2.44. The van der Waals surface area contributed by atoms with E-state index in [0.717, 1.165) is 26.1 Å². The van der Waals surface area contributed by atoms with Gasteiger partial charge in [-0.3, -0.25) is 0 Å². The Morgan fingerprint density at radius 2 is 2.42 bits per heavy atom. The maximum Gasteiger partial charge on any atom is 0.0445 e. The lowest BCUT2D eigenvalue weighted by molar-refractivity contribution is 0.191. The first-order valence-corrected chi connectivity index (χ1v) is 4.83. The standard InChI is InChI=1S/C9H20N2O/c1-8(3-5-12)11-4-2-9(6-10)7-11/h8-9,12H,2-7,10H2,1H3. The maximum absolute atomic E-state index is 8.77. The molecule has 2 unspecified atom stereocenters. The molecular formula is C9H20N2O. The van der Waals surface area contributed by atoms with E-state index in [4.69, 9.17) is 10.8 Å². The molecule has 1 aliphatic heterocycles. The Balaban J connectivity index is 2.25. The Hall–Kier alpha value is -0.120. The van der Waals surface area contributed by atoms with Crippen molar-refractivity contribution in [1.82, 2.24) is 4.90 Å². The Kier molecular flexibility index (Phi) is 3.98. The number of hydrogen-bond donors (Lipinski definition) is 2. The molecule has 0 aromatic carbocycles. The fourth-order valence-corrected chi connectivity index (χ4v) is 1.82. The minimum absolute atomic E-state index is 0.297. The average molecular weight is 172 g/mol. The molecule has 72 valence electrons. The van der Waals surface area contributed by atoms with Crippen LogP contribution in [0, 0.1) is 5.92 Å². The maximum atomic E-state index is 8.77. The molecule has 0 radical (unpaired) electrons. The van der Waals surface area contributed by atoms with Crippen LogP contribution in [0.25, 0.3) is 0 Å². The lowest BCUT2D eigenvalue weighted by Crippen LogP contribution is -2.32. The van der Waals surface area contributed by atoms with Crippen LogP contribution < -0.4 is 5.73 Å². The third-order valence-electron chi connectivity index (χ3n) is 2.82. The zero-order valence-electron chi connectivity index (χ0n) is 7.87. The van der Waals surface area contributed by atoms with Gasteiger partial charge in [0.1, 0.15) is 0 Å². The van der Waals surface area contributed by atoms with Gasteiger partial charge in [0.05, 0.1) is 0 Å². The molecule has 3 nitrogen and oxygen atoms in total. The molecule has 1 aliphatic rings. The minimum atomic E-state index is 0.297. The van der Waals surface area contributed by atoms with Crippen LogP contribution in [0.5, 0.6) is 0 Å². The highest BCUT2D eigenvalue weighted by molar-refractivity contribution is 4.79. The predicted molar refractivity (Wildman–Crippen MR) is 49.9 cm³/mol. The minimum Gasteiger partial charge on any atom is -0.396 e. The normalized spacial score (nSPS) is 27.8. The largest absolute Gasteiger partial charge is 0.396 e. The van der Waals surface area contributed by atoms with Gasteiger partial charge in [0.15, 0.2) is 0 Å². The van der Waals surface area contributed by atoms with Crippen LogP contribution in [0.2, 0.25) is 0 Å². The molecule has 0 amide bonds. The highest BCUT2D eigenvalue weighted by Gasteiger charge is 2.24. The second-order valence-electron chi connectivity index (χ2n) is 3.75. The van der Waals surface area contributed by atoms with Crippen molar-refractivity contribution in [2.45, 2.75) is 25.8 Å². The zero-order chi connectivity index (χ0) is 8.97. The molecule has 3 heteroatoms. The van der Waals surface area contributed by atoms with Crippen molar-refractivity contribution < 1.29 is 5.11 Å². The number of hydrogen-bond acceptors (Lipinski definition) is 3. The molecule has 2 atom stereocenters. The molecule has 0 aromatic rings. The van der Waals surface area contributed by atoms with Gasteiger partial charge >= 0.3 is 0 Å². The molecule has 0 spiro atoms. The van der Waals surface area contributed by atoms with Crippen molar-refractivity contribution in [1.29, 1.82) is 0 Å². The summed E-state index contributed by atoms with van der Waals surface area (Å²) >= 11 is 0. The summed E-state index contributed by atoms with van der Waals surface area (Å²) in [4.78, 5) is 2.42. The summed E-state index contributed by atoms with van der Waals surface area (Å²) in [7, 11) is 0. The Labute approximate surface area is 74.5 Å². The number of rotatable bonds is 4. The first-order valence-electron chi connectivity index (χ1n) is 4.83. The summed E-state index contributed by atoms with van der Waals surface area (Å²) in [5.74, 6) is 0.686. The fraction of sp³-hybridized carbons (Fsp3) is 1.00. The molecule has 3 N–H and O–H groups in total. The van der Waals surface area contributed by atoms with Crippen LogP contribution in [0.15, 0.2) is 0 Å². The van der Waals surface area contributed by atoms with E-state index >= 15 is 0 Å². The summed E-state index contributed by atoms with van der Waals surface area (Å²) in [5, 5.41) is 8.77. The molecule has 1 heterocycles. The molecular weight excluding hydrogens is 152 g/mol. The lowest BCUT2D eigenvalue weighted by atomic mass is 10.1. The summed E-state index contributed by atoms with van der Waals surface area (Å²) < 4.78 is 0. The van der Waals surface area contributed by atoms with E-state index in [9.17, 15) is 0 Å². The second kappa shape index (κ2) is 4.80. The van der Waals surface area contributed by atoms with Crippen molar-refractivity contribution in [3.05, 3.63) is 0 Å². The van der Waals surface area contributed by atoms with Gasteiger partial charge in [-0.2, -0.15) is 0 Å². The molecule has 0 bridgehead atoms. The van der Waals surface area contributed by atoms with E-state index in [1.54, 1.807) is 0 Å². The van der Waals surface area contributed by atoms with Crippen molar-refractivity contribution in [2.24, 2.45) is 11.7 Å². The number of aliphatic hydroxyl groups excluding tert-OH is 1. The third-order valence-corrected chi connectivity index (χ3v) is 2.82. The molecule has 1 saturated heterocycles. The fourth-order valence-electron chi connectivity index (χ4n) is 1.82. The van der Waals surface area contributed by atoms with Crippen LogP contribution in [0.1, 0.15) is 19.8 Å². The molecule has 12 heavy (non-hydrogen) atoms. The average Bonchev–Trinajstić information content (AvgIpc) is 2.52. The topological polar surface area (TPSA) is 49.5 Å². The van der Waals surface area contributed by atoms with E-state index < -0.39 is 0 Å². The predicted octanol–water partition coefficient (Wildman–Crippen LogP) is 0.0379. The number of nitrogens with two attached hydrogens (primary N) is 1. The molecule has 0 aliphatic carbocycles. The van der Waals surface area contributed by atoms with Crippen molar-refractivity contribution >= 4 is 0 Å². The molecule has 1 fully saturated rings. The zero-order valence-corrected chi connectivity index (χ0v) is 7.87. The Morgan fingerprint density at radius 3 is 2.92 bits per heavy atom. The van der Waals surface area contributed by atoms with Gasteiger partial charge < -0.3 is 15.7 Å². The molecule has 1 rings (SSSR count). The summed E-state index contributed by atoms with van der Waals surface area (Å²) in [6.45, 7) is 5.56. The molecule has 0 saturated carbocycles. The Morgan fingerprint density at radius 1 is 1.67 bits per heavy atom. The van der Waals surface area contributed by atoms with Crippen molar-refractivity contribution in [3.8, 4) is 0 Å². The highest BCUT2D eigenvalue weighted by Crippen LogP contribution is 2.18. The number of aliphatic hydroxyl groups is 1. The second-order valence-corrected chi connectivity index (χ2v) is 3.75. The lowest BCUT2D eigenvalue weighted by Gasteiger charge is -2.23. The monoisotopic (exact) mass is 172 g/mol. The molecule has 0 aromatic heterocycles. The first kappa shape index (κ1) is 9.96. The van der Waals surface area contributed by atoms with Crippen molar-refractivity contribution in [2.75, 3.05) is 26.2 Å². The van der Waals surface area contributed by atoms with Gasteiger partial charge in [-0.15, -0.1) is 0 Å². The van der Waals surface area contributed by atoms with Crippen molar-refractivity contribution in [3.63, 3.8) is 0 Å². The van der Waals surface area contributed by atoms with Crippen LogP contribution in [-0.4, -0.2) is 42.3 Å². The SMILES string of the molecule is CC(CCO)N1CCC(CN)C1. The Bertz CT molecular complexity index is 130. The van der Waals surface area contributed by atoms with Gasteiger partial charge in [-0.05, 0) is 38.8 Å². The van der Waals surface area contributed by atoms with Crippen LogP contribution in [0.4, 0.5) is 0 Å². The highest BCUT2D eigenvalue weighted by atomic mass is 16.3. The van der Waals surface area contributed by atoms with E-state index in [1.807, 2.05) is 0 Å². The smallest absolute Gasteiger partial charge is 0.0445 e. The van der Waals surface area contributed by atoms with E-state index in [1.165, 1.54) is 6.42 Å². The van der Waals surface area contributed by atoms with E-state index in [0.29, 0.717) is 18.6 Å². The summed E-state index contributed by atoms with van der Waals surface area (Å²) in [6, 6.07) is 0.520. The summed E-state index contributed by atoms with van der Waals surface area (Å²) in [5.41, 5.74) is 5.59. The van der Waals surface area contributed by atoms with Gasteiger partial charge in [-0.1, -0.05) is 0 Å². The quantitative estimate of drug-likeness (QED) is 0.629. The van der Waals surface area contributed by atoms with Crippen LogP contribution in [0.3, 0.4) is 0 Å². The number of likely N-dealkylation sites (tertiary alicyclic amines) is 1. The first-order chi connectivity index (χ1) is 5.77.